The fraction of sp³-hybridized carbons (Fsp3) is 0.231. The van der Waals surface area contributed by atoms with Gasteiger partial charge in [-0.2, -0.15) is 0 Å². The zero-order valence-corrected chi connectivity index (χ0v) is 12.4. The third-order valence-electron chi connectivity index (χ3n) is 2.67. The van der Waals surface area contributed by atoms with Crippen molar-refractivity contribution in [3.63, 3.8) is 0 Å². The molecule has 0 fully saturated rings. The molecule has 1 heterocycles. The highest BCUT2D eigenvalue weighted by molar-refractivity contribution is 7.19. The van der Waals surface area contributed by atoms with Gasteiger partial charge in [0.1, 0.15) is 0 Å². The van der Waals surface area contributed by atoms with Crippen molar-refractivity contribution >= 4 is 28.2 Å². The lowest BCUT2D eigenvalue weighted by Gasteiger charge is -2.00. The number of non-ortho nitro benzene ring substituents is 1. The first kappa shape index (κ1) is 14.9. The van der Waals surface area contributed by atoms with Crippen molar-refractivity contribution in [1.29, 1.82) is 0 Å². The first-order chi connectivity index (χ1) is 10.0. The summed E-state index contributed by atoms with van der Waals surface area (Å²) in [6, 6.07) is 6.02. The first-order valence-electron chi connectivity index (χ1n) is 6.28. The topological polar surface area (TPSA) is 97.2 Å². The molecular weight excluding hydrogens is 292 g/mol. The van der Waals surface area contributed by atoms with Crippen molar-refractivity contribution < 1.29 is 9.72 Å². The molecule has 0 unspecified atom stereocenters. The van der Waals surface area contributed by atoms with Crippen LogP contribution in [0.2, 0.25) is 0 Å². The largest absolute Gasteiger partial charge is 0.338 e. The number of nitrogens with one attached hydrogen (secondary N) is 2. The number of carbonyl (C=O) groups excluding carboxylic acids is 1. The van der Waals surface area contributed by atoms with Crippen LogP contribution in [0.1, 0.15) is 12.6 Å². The standard InChI is InChI=1S/C13H14N4O3S/c1-3-14-12(18)16-13-15-8(2)11(21-13)9-5-4-6-10(7-9)17(19)20/h4-7H,3H2,1-2H3,(H2,14,15,16,18). The van der Waals surface area contributed by atoms with Crippen LogP contribution >= 0.6 is 11.3 Å². The van der Waals surface area contributed by atoms with Crippen LogP contribution in [0.4, 0.5) is 15.6 Å². The van der Waals surface area contributed by atoms with E-state index >= 15 is 0 Å². The Morgan fingerprint density at radius 1 is 1.48 bits per heavy atom. The number of hydrogen-bond donors (Lipinski definition) is 2. The highest BCUT2D eigenvalue weighted by atomic mass is 32.1. The monoisotopic (exact) mass is 306 g/mol. The summed E-state index contributed by atoms with van der Waals surface area (Å²) in [5, 5.41) is 16.5. The average Bonchev–Trinajstić information content (AvgIpc) is 2.79. The number of anilines is 1. The molecule has 8 heteroatoms. The summed E-state index contributed by atoms with van der Waals surface area (Å²) in [6.45, 7) is 4.14. The number of nitro benzene ring substituents is 1. The number of aryl methyl sites for hydroxylation is 1. The first-order valence-corrected chi connectivity index (χ1v) is 7.10. The molecule has 0 saturated heterocycles. The van der Waals surface area contributed by atoms with Crippen LogP contribution < -0.4 is 10.6 Å². The smallest absolute Gasteiger partial charge is 0.321 e. The Bertz CT molecular complexity index is 684. The minimum Gasteiger partial charge on any atom is -0.338 e. The SMILES string of the molecule is CCNC(=O)Nc1nc(C)c(-c2cccc([N+](=O)[O-])c2)s1. The molecule has 2 amide bonds. The summed E-state index contributed by atoms with van der Waals surface area (Å²) in [5.41, 5.74) is 1.45. The molecular formula is C13H14N4O3S. The Balaban J connectivity index is 2.28. The van der Waals surface area contributed by atoms with E-state index < -0.39 is 4.92 Å². The number of amides is 2. The van der Waals surface area contributed by atoms with Crippen LogP contribution in [0.15, 0.2) is 24.3 Å². The number of rotatable bonds is 4. The normalized spacial score (nSPS) is 10.2. The fourth-order valence-corrected chi connectivity index (χ4v) is 2.74. The predicted molar refractivity (Wildman–Crippen MR) is 81.6 cm³/mol. The summed E-state index contributed by atoms with van der Waals surface area (Å²) in [4.78, 5) is 26.9. The van der Waals surface area contributed by atoms with Gasteiger partial charge in [0.25, 0.3) is 5.69 Å². The Kier molecular flexibility index (Phi) is 4.49. The van der Waals surface area contributed by atoms with E-state index in [-0.39, 0.29) is 11.7 Å². The lowest BCUT2D eigenvalue weighted by atomic mass is 10.1. The molecule has 0 aliphatic rings. The molecule has 0 aliphatic carbocycles. The third kappa shape index (κ3) is 3.54. The lowest BCUT2D eigenvalue weighted by Crippen LogP contribution is -2.28. The number of urea groups is 1. The Morgan fingerprint density at radius 2 is 2.24 bits per heavy atom. The molecule has 7 nitrogen and oxygen atoms in total. The van der Waals surface area contributed by atoms with Crippen molar-refractivity contribution in [2.24, 2.45) is 0 Å². The van der Waals surface area contributed by atoms with Gasteiger partial charge in [-0.3, -0.25) is 15.4 Å². The summed E-state index contributed by atoms with van der Waals surface area (Å²) >= 11 is 1.28. The molecule has 0 atom stereocenters. The van der Waals surface area contributed by atoms with Crippen LogP contribution in [-0.4, -0.2) is 22.5 Å². The van der Waals surface area contributed by atoms with Gasteiger partial charge in [-0.25, -0.2) is 9.78 Å². The maximum Gasteiger partial charge on any atom is 0.321 e. The van der Waals surface area contributed by atoms with Gasteiger partial charge in [0.05, 0.1) is 15.5 Å². The van der Waals surface area contributed by atoms with E-state index in [1.54, 1.807) is 19.1 Å². The second kappa shape index (κ2) is 6.31. The second-order valence-electron chi connectivity index (χ2n) is 4.23. The van der Waals surface area contributed by atoms with E-state index in [0.717, 1.165) is 4.88 Å². The van der Waals surface area contributed by atoms with E-state index in [9.17, 15) is 14.9 Å². The van der Waals surface area contributed by atoms with E-state index in [0.29, 0.717) is 22.9 Å². The van der Waals surface area contributed by atoms with Gasteiger partial charge in [-0.05, 0) is 13.8 Å². The molecule has 110 valence electrons. The highest BCUT2D eigenvalue weighted by Gasteiger charge is 2.14. The van der Waals surface area contributed by atoms with Crippen molar-refractivity contribution in [3.8, 4) is 10.4 Å². The maximum absolute atomic E-state index is 11.5. The minimum absolute atomic E-state index is 0.0264. The molecule has 0 bridgehead atoms. The Morgan fingerprint density at radius 3 is 2.90 bits per heavy atom. The number of thiazole rings is 1. The zero-order valence-electron chi connectivity index (χ0n) is 11.5. The van der Waals surface area contributed by atoms with Crippen LogP contribution in [-0.2, 0) is 0 Å². The summed E-state index contributed by atoms with van der Waals surface area (Å²) in [7, 11) is 0. The van der Waals surface area contributed by atoms with Crippen LogP contribution in [0.3, 0.4) is 0 Å². The van der Waals surface area contributed by atoms with Gasteiger partial charge < -0.3 is 5.32 Å². The molecule has 0 saturated carbocycles. The van der Waals surface area contributed by atoms with Crippen LogP contribution in [0.5, 0.6) is 0 Å². The average molecular weight is 306 g/mol. The Hall–Kier alpha value is -2.48. The molecule has 0 radical (unpaired) electrons. The number of nitro groups is 1. The number of aromatic nitrogens is 1. The highest BCUT2D eigenvalue weighted by Crippen LogP contribution is 2.34. The predicted octanol–water partition coefficient (Wildman–Crippen LogP) is 3.17. The van der Waals surface area contributed by atoms with Gasteiger partial charge in [-0.1, -0.05) is 23.5 Å². The Labute approximate surface area is 125 Å². The second-order valence-corrected chi connectivity index (χ2v) is 5.22. The quantitative estimate of drug-likeness (QED) is 0.669. The van der Waals surface area contributed by atoms with E-state index in [4.69, 9.17) is 0 Å². The zero-order chi connectivity index (χ0) is 15.4. The summed E-state index contributed by atoms with van der Waals surface area (Å²) in [6.07, 6.45) is 0. The van der Waals surface area contributed by atoms with Crippen molar-refractivity contribution in [2.75, 3.05) is 11.9 Å². The molecule has 0 aliphatic heterocycles. The number of carbonyl (C=O) groups is 1. The molecule has 2 N–H and O–H groups in total. The van der Waals surface area contributed by atoms with Crippen LogP contribution in [0.25, 0.3) is 10.4 Å². The van der Waals surface area contributed by atoms with E-state index in [1.807, 2.05) is 6.92 Å². The third-order valence-corrected chi connectivity index (χ3v) is 3.80. The molecule has 0 spiro atoms. The van der Waals surface area contributed by atoms with E-state index in [1.165, 1.54) is 23.5 Å². The van der Waals surface area contributed by atoms with Crippen LogP contribution in [0, 0.1) is 17.0 Å². The van der Waals surface area contributed by atoms with Crippen molar-refractivity contribution in [2.45, 2.75) is 13.8 Å². The molecule has 21 heavy (non-hydrogen) atoms. The van der Waals surface area contributed by atoms with Crippen molar-refractivity contribution in [3.05, 3.63) is 40.1 Å². The number of nitrogens with zero attached hydrogens (tertiary/aromatic N) is 2. The van der Waals surface area contributed by atoms with E-state index in [2.05, 4.69) is 15.6 Å². The number of hydrogen-bond acceptors (Lipinski definition) is 5. The molecule has 2 aromatic rings. The van der Waals surface area contributed by atoms with Gasteiger partial charge >= 0.3 is 6.03 Å². The lowest BCUT2D eigenvalue weighted by molar-refractivity contribution is -0.384. The van der Waals surface area contributed by atoms with Gasteiger partial charge in [0.15, 0.2) is 5.13 Å². The maximum atomic E-state index is 11.5. The van der Waals surface area contributed by atoms with Crippen molar-refractivity contribution in [1.82, 2.24) is 10.3 Å². The summed E-state index contributed by atoms with van der Waals surface area (Å²) in [5.74, 6) is 0. The summed E-state index contributed by atoms with van der Waals surface area (Å²) < 4.78 is 0. The molecule has 2 rings (SSSR count). The van der Waals surface area contributed by atoms with Gasteiger partial charge in [0, 0.05) is 24.2 Å². The molecule has 1 aromatic carbocycles. The van der Waals surface area contributed by atoms with Gasteiger partial charge in [0.2, 0.25) is 0 Å². The van der Waals surface area contributed by atoms with Gasteiger partial charge in [-0.15, -0.1) is 0 Å². The minimum atomic E-state index is -0.437. The molecule has 1 aromatic heterocycles. The fourth-order valence-electron chi connectivity index (χ4n) is 1.78. The number of benzene rings is 1.